The van der Waals surface area contributed by atoms with E-state index in [1.807, 2.05) is 0 Å². The molecule has 0 amide bonds. The molecule has 0 aliphatic carbocycles. The van der Waals surface area contributed by atoms with Crippen molar-refractivity contribution in [1.29, 1.82) is 0 Å². The van der Waals surface area contributed by atoms with E-state index in [0.29, 0.717) is 24.7 Å². The van der Waals surface area contributed by atoms with Crippen LogP contribution in [0.5, 0.6) is 0 Å². The largest absolute Gasteiger partial charge is 0.478 e. The van der Waals surface area contributed by atoms with E-state index < -0.39 is 5.97 Å². The number of hydrogen-bond donors (Lipinski definition) is 2. The lowest BCUT2D eigenvalue weighted by atomic mass is 10.1. The van der Waals surface area contributed by atoms with Gasteiger partial charge in [0.05, 0.1) is 5.69 Å². The fourth-order valence-corrected chi connectivity index (χ4v) is 2.12. The van der Waals surface area contributed by atoms with Gasteiger partial charge in [0.25, 0.3) is 0 Å². The summed E-state index contributed by atoms with van der Waals surface area (Å²) in [7, 11) is 0. The molecule has 6 heteroatoms. The van der Waals surface area contributed by atoms with Crippen molar-refractivity contribution in [1.82, 2.24) is 14.9 Å². The van der Waals surface area contributed by atoms with Crippen LogP contribution in [0.4, 0.5) is 0 Å². The van der Waals surface area contributed by atoms with Gasteiger partial charge in [0.1, 0.15) is 11.9 Å². The van der Waals surface area contributed by atoms with Crippen LogP contribution in [0.2, 0.25) is 0 Å². The van der Waals surface area contributed by atoms with Crippen LogP contribution in [0.25, 0.3) is 0 Å². The van der Waals surface area contributed by atoms with Gasteiger partial charge in [-0.2, -0.15) is 0 Å². The van der Waals surface area contributed by atoms with Gasteiger partial charge in [-0.25, -0.2) is 14.8 Å². The predicted molar refractivity (Wildman–Crippen MR) is 61.4 cm³/mol. The highest BCUT2D eigenvalue weighted by Gasteiger charge is 2.23. The van der Waals surface area contributed by atoms with Crippen molar-refractivity contribution in [3.05, 3.63) is 23.8 Å². The zero-order chi connectivity index (χ0) is 12.3. The van der Waals surface area contributed by atoms with Crippen LogP contribution in [0.3, 0.4) is 0 Å². The van der Waals surface area contributed by atoms with Crippen molar-refractivity contribution in [2.24, 2.45) is 11.7 Å². The molecular formula is C11H16N4O2. The van der Waals surface area contributed by atoms with Crippen molar-refractivity contribution in [2.45, 2.75) is 13.0 Å². The van der Waals surface area contributed by atoms with Gasteiger partial charge in [-0.05, 0) is 25.4 Å². The molecule has 1 aliphatic rings. The number of carbonyl (C=O) groups is 1. The van der Waals surface area contributed by atoms with Crippen LogP contribution in [0.1, 0.15) is 22.5 Å². The first kappa shape index (κ1) is 11.9. The van der Waals surface area contributed by atoms with Crippen LogP contribution in [0, 0.1) is 5.92 Å². The normalized spacial score (nSPS) is 20.6. The summed E-state index contributed by atoms with van der Waals surface area (Å²) < 4.78 is 0. The molecule has 0 spiro atoms. The Bertz CT molecular complexity index is 410. The molecule has 0 saturated carbocycles. The Kier molecular flexibility index (Phi) is 3.65. The molecule has 1 aromatic heterocycles. The van der Waals surface area contributed by atoms with Crippen LogP contribution < -0.4 is 5.73 Å². The topological polar surface area (TPSA) is 92.3 Å². The molecule has 2 rings (SSSR count). The monoisotopic (exact) mass is 236 g/mol. The van der Waals surface area contributed by atoms with E-state index in [1.54, 1.807) is 0 Å². The van der Waals surface area contributed by atoms with Gasteiger partial charge in [0.15, 0.2) is 0 Å². The number of carboxylic acids is 1. The fourth-order valence-electron chi connectivity index (χ4n) is 2.12. The number of nitrogens with zero attached hydrogens (tertiary/aromatic N) is 3. The highest BCUT2D eigenvalue weighted by atomic mass is 16.4. The second kappa shape index (κ2) is 5.20. The zero-order valence-electron chi connectivity index (χ0n) is 9.54. The Morgan fingerprint density at radius 2 is 2.47 bits per heavy atom. The summed E-state index contributed by atoms with van der Waals surface area (Å²) in [6.45, 7) is 3.11. The fraction of sp³-hybridized carbons (Fsp3) is 0.545. The van der Waals surface area contributed by atoms with Crippen molar-refractivity contribution in [3.8, 4) is 0 Å². The number of likely N-dealkylation sites (tertiary alicyclic amines) is 1. The number of nitrogens with two attached hydrogens (primary N) is 1. The first-order chi connectivity index (χ1) is 8.20. The molecular weight excluding hydrogens is 220 g/mol. The smallest absolute Gasteiger partial charge is 0.339 e. The van der Waals surface area contributed by atoms with E-state index in [9.17, 15) is 4.79 Å². The lowest BCUT2D eigenvalue weighted by molar-refractivity contribution is 0.0693. The van der Waals surface area contributed by atoms with Crippen molar-refractivity contribution in [3.63, 3.8) is 0 Å². The number of carboxylic acid groups (broad SMARTS) is 1. The molecule has 1 unspecified atom stereocenters. The molecule has 6 nitrogen and oxygen atoms in total. The Balaban J connectivity index is 2.06. The highest BCUT2D eigenvalue weighted by Crippen LogP contribution is 2.18. The minimum Gasteiger partial charge on any atom is -0.478 e. The molecule has 3 N–H and O–H groups in total. The summed E-state index contributed by atoms with van der Waals surface area (Å²) >= 11 is 0. The Morgan fingerprint density at radius 1 is 1.65 bits per heavy atom. The lowest BCUT2D eigenvalue weighted by Gasteiger charge is -2.15. The van der Waals surface area contributed by atoms with Gasteiger partial charge in [0, 0.05) is 19.3 Å². The third-order valence-electron chi connectivity index (χ3n) is 3.10. The number of hydrogen-bond acceptors (Lipinski definition) is 5. The molecule has 0 bridgehead atoms. The quantitative estimate of drug-likeness (QED) is 0.761. The maximum absolute atomic E-state index is 11.0. The maximum Gasteiger partial charge on any atom is 0.339 e. The van der Waals surface area contributed by atoms with Gasteiger partial charge in [-0.1, -0.05) is 0 Å². The maximum atomic E-state index is 11.0. The van der Waals surface area contributed by atoms with Crippen LogP contribution >= 0.6 is 0 Å². The van der Waals surface area contributed by atoms with Gasteiger partial charge in [0.2, 0.25) is 0 Å². The van der Waals surface area contributed by atoms with Crippen LogP contribution in [0.15, 0.2) is 12.5 Å². The zero-order valence-corrected chi connectivity index (χ0v) is 9.54. The van der Waals surface area contributed by atoms with Gasteiger partial charge in [-0.3, -0.25) is 4.90 Å². The minimum atomic E-state index is -0.977. The predicted octanol–water partition coefficient (Wildman–Crippen LogP) is -0.0446. The van der Waals surface area contributed by atoms with E-state index in [4.69, 9.17) is 10.8 Å². The Hall–Kier alpha value is -1.53. The summed E-state index contributed by atoms with van der Waals surface area (Å²) in [5.74, 6) is -0.458. The van der Waals surface area contributed by atoms with Crippen molar-refractivity contribution < 1.29 is 9.90 Å². The first-order valence-electron chi connectivity index (χ1n) is 5.65. The number of rotatable bonds is 4. The second-order valence-corrected chi connectivity index (χ2v) is 4.31. The SMILES string of the molecule is NCC1CCN(Cc2ncncc2C(=O)O)C1. The number of aromatic carboxylic acids is 1. The minimum absolute atomic E-state index is 0.184. The average molecular weight is 236 g/mol. The molecule has 1 aromatic rings. The summed E-state index contributed by atoms with van der Waals surface area (Å²) in [4.78, 5) is 21.0. The van der Waals surface area contributed by atoms with Gasteiger partial charge < -0.3 is 10.8 Å². The molecule has 92 valence electrons. The summed E-state index contributed by atoms with van der Waals surface area (Å²) in [6, 6.07) is 0. The molecule has 1 fully saturated rings. The summed E-state index contributed by atoms with van der Waals surface area (Å²) in [6.07, 6.45) is 3.81. The third-order valence-corrected chi connectivity index (χ3v) is 3.10. The van der Waals surface area contributed by atoms with Crippen molar-refractivity contribution >= 4 is 5.97 Å². The molecule has 1 saturated heterocycles. The third kappa shape index (κ3) is 2.78. The average Bonchev–Trinajstić information content (AvgIpc) is 2.77. The molecule has 17 heavy (non-hydrogen) atoms. The lowest BCUT2D eigenvalue weighted by Crippen LogP contribution is -2.24. The molecule has 0 aromatic carbocycles. The first-order valence-corrected chi connectivity index (χ1v) is 5.65. The van der Waals surface area contributed by atoms with Gasteiger partial charge >= 0.3 is 5.97 Å². The van der Waals surface area contributed by atoms with E-state index >= 15 is 0 Å². The molecule has 2 heterocycles. The van der Waals surface area contributed by atoms with Gasteiger partial charge in [-0.15, -0.1) is 0 Å². The van der Waals surface area contributed by atoms with E-state index in [2.05, 4.69) is 14.9 Å². The molecule has 1 atom stereocenters. The highest BCUT2D eigenvalue weighted by molar-refractivity contribution is 5.88. The van der Waals surface area contributed by atoms with Crippen LogP contribution in [-0.2, 0) is 6.54 Å². The van der Waals surface area contributed by atoms with E-state index in [0.717, 1.165) is 19.5 Å². The molecule has 0 radical (unpaired) electrons. The van der Waals surface area contributed by atoms with E-state index in [1.165, 1.54) is 12.5 Å². The Morgan fingerprint density at radius 3 is 3.12 bits per heavy atom. The Labute approximate surface area is 99.5 Å². The van der Waals surface area contributed by atoms with E-state index in [-0.39, 0.29) is 5.56 Å². The standard InChI is InChI=1S/C11H16N4O2/c12-3-8-1-2-15(5-8)6-10-9(11(16)17)4-13-7-14-10/h4,7-8H,1-3,5-6,12H2,(H,16,17). The van der Waals surface area contributed by atoms with Crippen LogP contribution in [-0.4, -0.2) is 45.6 Å². The van der Waals surface area contributed by atoms with Crippen molar-refractivity contribution in [2.75, 3.05) is 19.6 Å². The summed E-state index contributed by atoms with van der Waals surface area (Å²) in [5, 5.41) is 9.02. The molecule has 1 aliphatic heterocycles. The second-order valence-electron chi connectivity index (χ2n) is 4.31. The number of aromatic nitrogens is 2. The summed E-state index contributed by atoms with van der Waals surface area (Å²) in [5.41, 5.74) is 6.38.